The highest BCUT2D eigenvalue weighted by molar-refractivity contribution is 8.00. The third-order valence-corrected chi connectivity index (χ3v) is 6.28. The van der Waals surface area contributed by atoms with Crippen molar-refractivity contribution in [3.8, 4) is 6.07 Å². The Morgan fingerprint density at radius 1 is 1.00 bits per heavy atom. The fourth-order valence-corrected chi connectivity index (χ4v) is 5.36. The fraction of sp³-hybridized carbons (Fsp3) is 0.923. The van der Waals surface area contributed by atoms with Crippen molar-refractivity contribution in [2.45, 2.75) is 67.5 Å². The molecule has 16 heavy (non-hydrogen) atoms. The molecule has 0 aromatic rings. The lowest BCUT2D eigenvalue weighted by atomic mass is 9.84. The second-order valence-corrected chi connectivity index (χ2v) is 7.00. The van der Waals surface area contributed by atoms with Gasteiger partial charge in [-0.05, 0) is 32.1 Å². The van der Waals surface area contributed by atoms with Crippen molar-refractivity contribution in [1.82, 2.24) is 5.32 Å². The van der Waals surface area contributed by atoms with E-state index in [1.54, 1.807) is 0 Å². The molecule has 0 bridgehead atoms. The Balaban J connectivity index is 1.67. The second-order valence-electron chi connectivity index (χ2n) is 5.52. The normalized spacial score (nSPS) is 47.6. The minimum Gasteiger partial charge on any atom is -0.309 e. The summed E-state index contributed by atoms with van der Waals surface area (Å²) < 4.78 is 0. The number of nitrogens with one attached hydrogen (secondary N) is 1. The predicted octanol–water partition coefficient (Wildman–Crippen LogP) is 2.69. The molecule has 1 heterocycles. The number of nitrogens with zero attached hydrogens (tertiary/aromatic N) is 1. The van der Waals surface area contributed by atoms with Gasteiger partial charge in [0.15, 0.2) is 0 Å². The van der Waals surface area contributed by atoms with Gasteiger partial charge in [-0.25, -0.2) is 0 Å². The van der Waals surface area contributed by atoms with Crippen LogP contribution in [0.25, 0.3) is 0 Å². The van der Waals surface area contributed by atoms with Gasteiger partial charge in [0.2, 0.25) is 0 Å². The van der Waals surface area contributed by atoms with E-state index < -0.39 is 0 Å². The number of nitriles is 1. The molecule has 2 nitrogen and oxygen atoms in total. The number of hydrogen-bond acceptors (Lipinski definition) is 3. The van der Waals surface area contributed by atoms with Gasteiger partial charge < -0.3 is 5.32 Å². The lowest BCUT2D eigenvalue weighted by Gasteiger charge is -2.47. The summed E-state index contributed by atoms with van der Waals surface area (Å²) in [5.74, 6) is 0.314. The van der Waals surface area contributed by atoms with Crippen LogP contribution < -0.4 is 5.32 Å². The molecule has 2 aliphatic carbocycles. The molecule has 88 valence electrons. The van der Waals surface area contributed by atoms with Crippen LogP contribution >= 0.6 is 11.8 Å². The van der Waals surface area contributed by atoms with Gasteiger partial charge in [0, 0.05) is 28.5 Å². The van der Waals surface area contributed by atoms with Crippen molar-refractivity contribution < 1.29 is 0 Å². The number of rotatable bonds is 0. The number of hydrogen-bond donors (Lipinski definition) is 1. The average molecular weight is 236 g/mol. The van der Waals surface area contributed by atoms with Gasteiger partial charge in [-0.1, -0.05) is 12.8 Å². The summed E-state index contributed by atoms with van der Waals surface area (Å²) >= 11 is 2.24. The van der Waals surface area contributed by atoms with Gasteiger partial charge in [-0.3, -0.25) is 0 Å². The van der Waals surface area contributed by atoms with E-state index in [-0.39, 0.29) is 0 Å². The summed E-state index contributed by atoms with van der Waals surface area (Å²) in [5.41, 5.74) is 0. The summed E-state index contributed by atoms with van der Waals surface area (Å²) in [6, 6.07) is 3.83. The molecule has 0 radical (unpaired) electrons. The fourth-order valence-electron chi connectivity index (χ4n) is 3.55. The molecule has 0 aromatic heterocycles. The van der Waals surface area contributed by atoms with E-state index >= 15 is 0 Å². The van der Waals surface area contributed by atoms with E-state index in [0.717, 1.165) is 29.4 Å². The summed E-state index contributed by atoms with van der Waals surface area (Å²) in [6.07, 6.45) is 9.07. The molecule has 0 aromatic carbocycles. The lowest BCUT2D eigenvalue weighted by molar-refractivity contribution is 0.263. The van der Waals surface area contributed by atoms with E-state index in [2.05, 4.69) is 23.1 Å². The van der Waals surface area contributed by atoms with Crippen LogP contribution in [-0.4, -0.2) is 22.6 Å². The first-order valence-corrected chi connectivity index (χ1v) is 7.62. The maximum atomic E-state index is 9.03. The lowest BCUT2D eigenvalue weighted by Crippen LogP contribution is -2.56. The minimum atomic E-state index is 0.314. The molecular formula is C13H20N2S. The molecule has 3 aliphatic rings. The third kappa shape index (κ3) is 1.98. The molecule has 0 spiro atoms. The Labute approximate surface area is 102 Å². The summed E-state index contributed by atoms with van der Waals surface area (Å²) in [6.45, 7) is 0. The molecule has 1 saturated heterocycles. The largest absolute Gasteiger partial charge is 0.309 e. The Morgan fingerprint density at radius 2 is 1.81 bits per heavy atom. The van der Waals surface area contributed by atoms with E-state index in [1.165, 1.54) is 32.1 Å². The highest BCUT2D eigenvalue weighted by Crippen LogP contribution is 2.42. The second kappa shape index (κ2) is 4.58. The zero-order valence-corrected chi connectivity index (χ0v) is 10.5. The molecule has 0 amide bonds. The van der Waals surface area contributed by atoms with Crippen molar-refractivity contribution >= 4 is 11.8 Å². The van der Waals surface area contributed by atoms with Crippen molar-refractivity contribution in [3.63, 3.8) is 0 Å². The molecule has 3 rings (SSSR count). The molecule has 5 atom stereocenters. The van der Waals surface area contributed by atoms with Crippen molar-refractivity contribution in [2.75, 3.05) is 0 Å². The highest BCUT2D eigenvalue weighted by atomic mass is 32.2. The molecule has 3 heteroatoms. The van der Waals surface area contributed by atoms with E-state index in [0.29, 0.717) is 12.0 Å². The van der Waals surface area contributed by atoms with Gasteiger partial charge in [0.05, 0.1) is 6.07 Å². The van der Waals surface area contributed by atoms with Crippen LogP contribution in [0.15, 0.2) is 0 Å². The van der Waals surface area contributed by atoms with Crippen LogP contribution in [0.5, 0.6) is 0 Å². The molecule has 2 saturated carbocycles. The zero-order chi connectivity index (χ0) is 11.0. The maximum Gasteiger partial charge on any atom is 0.0656 e. The first-order chi connectivity index (χ1) is 7.86. The monoisotopic (exact) mass is 236 g/mol. The van der Waals surface area contributed by atoms with Gasteiger partial charge in [-0.2, -0.15) is 17.0 Å². The quantitative estimate of drug-likeness (QED) is 0.702. The van der Waals surface area contributed by atoms with Crippen molar-refractivity contribution in [3.05, 3.63) is 0 Å². The predicted molar refractivity (Wildman–Crippen MR) is 67.3 cm³/mol. The van der Waals surface area contributed by atoms with E-state index in [1.807, 2.05) is 0 Å². The topological polar surface area (TPSA) is 35.8 Å². The first-order valence-electron chi connectivity index (χ1n) is 6.68. The van der Waals surface area contributed by atoms with Crippen LogP contribution in [0.2, 0.25) is 0 Å². The molecule has 1 aliphatic heterocycles. The first kappa shape index (κ1) is 10.9. The maximum absolute atomic E-state index is 9.03. The summed E-state index contributed by atoms with van der Waals surface area (Å²) in [7, 11) is 0. The Kier molecular flexibility index (Phi) is 3.13. The minimum absolute atomic E-state index is 0.314. The molecule has 5 unspecified atom stereocenters. The van der Waals surface area contributed by atoms with Crippen LogP contribution in [-0.2, 0) is 0 Å². The van der Waals surface area contributed by atoms with Crippen LogP contribution in [0, 0.1) is 17.2 Å². The standard InChI is InChI=1S/C13H20N2S/c14-8-9-5-6-13-11(7-9)15-10-3-1-2-4-12(10)16-13/h9-13,15H,1-7H2. The SMILES string of the molecule is N#CC1CCC2SC3CCCCC3NC2C1. The molecular weight excluding hydrogens is 216 g/mol. The molecule has 3 fully saturated rings. The average Bonchev–Trinajstić information content (AvgIpc) is 2.35. The van der Waals surface area contributed by atoms with E-state index in [4.69, 9.17) is 5.26 Å². The van der Waals surface area contributed by atoms with Gasteiger partial charge in [0.25, 0.3) is 0 Å². The zero-order valence-electron chi connectivity index (χ0n) is 9.69. The smallest absolute Gasteiger partial charge is 0.0656 e. The van der Waals surface area contributed by atoms with Crippen LogP contribution in [0.4, 0.5) is 0 Å². The Morgan fingerprint density at radius 3 is 2.69 bits per heavy atom. The number of fused-ring (bicyclic) bond motifs is 2. The highest BCUT2D eigenvalue weighted by Gasteiger charge is 2.41. The van der Waals surface area contributed by atoms with Crippen LogP contribution in [0.3, 0.4) is 0 Å². The third-order valence-electron chi connectivity index (χ3n) is 4.45. The van der Waals surface area contributed by atoms with Crippen LogP contribution in [0.1, 0.15) is 44.9 Å². The molecule has 1 N–H and O–H groups in total. The van der Waals surface area contributed by atoms with Crippen molar-refractivity contribution in [1.29, 1.82) is 5.26 Å². The summed E-state index contributed by atoms with van der Waals surface area (Å²) in [4.78, 5) is 0. The summed E-state index contributed by atoms with van der Waals surface area (Å²) in [5, 5.41) is 14.5. The Bertz CT molecular complexity index is 299. The number of thioether (sulfide) groups is 1. The van der Waals surface area contributed by atoms with Crippen molar-refractivity contribution in [2.24, 2.45) is 5.92 Å². The van der Waals surface area contributed by atoms with E-state index in [9.17, 15) is 0 Å². The van der Waals surface area contributed by atoms with Gasteiger partial charge in [-0.15, -0.1) is 0 Å². The van der Waals surface area contributed by atoms with Gasteiger partial charge >= 0.3 is 0 Å². The Hall–Kier alpha value is -0.200. The van der Waals surface area contributed by atoms with Gasteiger partial charge in [0.1, 0.15) is 0 Å².